The number of pyridine rings is 1. The number of rotatable bonds is 5. The van der Waals surface area contributed by atoms with Crippen LogP contribution in [0.5, 0.6) is 0 Å². The molecule has 0 N–H and O–H groups in total. The molecule has 1 fully saturated rings. The Bertz CT molecular complexity index is 995. The molecule has 2 nitrogen and oxygen atoms in total. The standard InChI is InChI=1S/C23H22Cl2F2N2/c24-19-9-7-17-12-20(25)22(28-21(17)13-19)15-29-11-10-23(26,27)18(14-29)8-6-16-4-2-1-3-5-16/h1-5,7,9,12-13,18H,6,8,10-11,14-15H2. The van der Waals surface area contributed by atoms with Crippen LogP contribution >= 0.6 is 23.2 Å². The first-order chi connectivity index (χ1) is 13.9. The Labute approximate surface area is 179 Å². The molecule has 3 aromatic rings. The third kappa shape index (κ3) is 4.88. The SMILES string of the molecule is FC1(F)CCN(Cc2nc3cc(Cl)ccc3cc2Cl)CC1CCc1ccccc1. The molecule has 4 rings (SSSR count). The fourth-order valence-electron chi connectivity index (χ4n) is 3.96. The van der Waals surface area contributed by atoms with Crippen molar-refractivity contribution in [3.63, 3.8) is 0 Å². The maximum atomic E-state index is 14.5. The first-order valence-electron chi connectivity index (χ1n) is 9.79. The van der Waals surface area contributed by atoms with Crippen molar-refractivity contribution in [3.8, 4) is 0 Å². The van der Waals surface area contributed by atoms with Crippen molar-refractivity contribution >= 4 is 34.1 Å². The number of alkyl halides is 2. The maximum absolute atomic E-state index is 14.5. The van der Waals surface area contributed by atoms with E-state index in [1.165, 1.54) is 0 Å². The van der Waals surface area contributed by atoms with Gasteiger partial charge in [0, 0.05) is 42.4 Å². The molecule has 0 bridgehead atoms. The van der Waals surface area contributed by atoms with Gasteiger partial charge >= 0.3 is 0 Å². The van der Waals surface area contributed by atoms with E-state index in [1.807, 2.05) is 47.4 Å². The highest BCUT2D eigenvalue weighted by molar-refractivity contribution is 6.32. The lowest BCUT2D eigenvalue weighted by atomic mass is 9.88. The zero-order valence-electron chi connectivity index (χ0n) is 15.9. The van der Waals surface area contributed by atoms with E-state index in [-0.39, 0.29) is 6.42 Å². The predicted molar refractivity (Wildman–Crippen MR) is 115 cm³/mol. The second-order valence-corrected chi connectivity index (χ2v) is 8.56. The summed E-state index contributed by atoms with van der Waals surface area (Å²) in [6.07, 6.45) is 0.980. The van der Waals surface area contributed by atoms with Crippen molar-refractivity contribution in [3.05, 3.63) is 75.9 Å². The van der Waals surface area contributed by atoms with Crippen LogP contribution < -0.4 is 0 Å². The van der Waals surface area contributed by atoms with Gasteiger partial charge in [-0.3, -0.25) is 4.90 Å². The molecule has 0 aliphatic carbocycles. The summed E-state index contributed by atoms with van der Waals surface area (Å²) in [5.41, 5.74) is 2.56. The summed E-state index contributed by atoms with van der Waals surface area (Å²) in [5, 5.41) is 2.07. The van der Waals surface area contributed by atoms with E-state index in [4.69, 9.17) is 23.2 Å². The number of likely N-dealkylation sites (tertiary alicyclic amines) is 1. The van der Waals surface area contributed by atoms with Crippen LogP contribution in [0.4, 0.5) is 8.78 Å². The molecule has 1 unspecified atom stereocenters. The van der Waals surface area contributed by atoms with Gasteiger partial charge < -0.3 is 0 Å². The molecule has 1 aliphatic heterocycles. The number of benzene rings is 2. The topological polar surface area (TPSA) is 16.1 Å². The molecular weight excluding hydrogens is 413 g/mol. The third-order valence-electron chi connectivity index (χ3n) is 5.64. The number of halogens is 4. The molecule has 2 heterocycles. The first kappa shape index (κ1) is 20.5. The van der Waals surface area contributed by atoms with Crippen molar-refractivity contribution < 1.29 is 8.78 Å². The van der Waals surface area contributed by atoms with Crippen molar-refractivity contribution in [2.24, 2.45) is 5.92 Å². The van der Waals surface area contributed by atoms with Gasteiger partial charge in [-0.05, 0) is 36.6 Å². The Kier molecular flexibility index (Phi) is 6.05. The molecule has 1 atom stereocenters. The molecule has 1 aromatic heterocycles. The van der Waals surface area contributed by atoms with Gasteiger partial charge in [-0.2, -0.15) is 0 Å². The molecule has 152 valence electrons. The van der Waals surface area contributed by atoms with E-state index in [9.17, 15) is 8.78 Å². The zero-order valence-corrected chi connectivity index (χ0v) is 17.4. The minimum atomic E-state index is -2.64. The van der Waals surface area contributed by atoms with Gasteiger partial charge in [0.2, 0.25) is 0 Å². The van der Waals surface area contributed by atoms with Gasteiger partial charge in [-0.25, -0.2) is 13.8 Å². The number of aryl methyl sites for hydroxylation is 1. The number of nitrogens with zero attached hydrogens (tertiary/aromatic N) is 2. The molecule has 0 radical (unpaired) electrons. The summed E-state index contributed by atoms with van der Waals surface area (Å²) in [6, 6.07) is 17.1. The van der Waals surface area contributed by atoms with Crippen LogP contribution in [0.25, 0.3) is 10.9 Å². The summed E-state index contributed by atoms with van der Waals surface area (Å²) < 4.78 is 29.1. The second kappa shape index (κ2) is 8.55. The largest absolute Gasteiger partial charge is 0.297 e. The molecule has 1 saturated heterocycles. The number of fused-ring (bicyclic) bond motifs is 1. The molecular formula is C23H22Cl2F2N2. The van der Waals surface area contributed by atoms with Gasteiger partial charge in [0.15, 0.2) is 0 Å². The average Bonchev–Trinajstić information content (AvgIpc) is 2.70. The van der Waals surface area contributed by atoms with E-state index < -0.39 is 11.8 Å². The Morgan fingerprint density at radius 3 is 2.66 bits per heavy atom. The molecule has 0 amide bonds. The fraction of sp³-hybridized carbons (Fsp3) is 0.348. The number of hydrogen-bond acceptors (Lipinski definition) is 2. The van der Waals surface area contributed by atoms with E-state index in [0.29, 0.717) is 48.2 Å². The Morgan fingerprint density at radius 2 is 1.86 bits per heavy atom. The minimum Gasteiger partial charge on any atom is -0.297 e. The molecule has 2 aromatic carbocycles. The van der Waals surface area contributed by atoms with Crippen LogP contribution in [0.2, 0.25) is 10.0 Å². The molecule has 29 heavy (non-hydrogen) atoms. The molecule has 6 heteroatoms. The van der Waals surface area contributed by atoms with Crippen LogP contribution in [0.3, 0.4) is 0 Å². The highest BCUT2D eigenvalue weighted by atomic mass is 35.5. The molecule has 1 aliphatic rings. The second-order valence-electron chi connectivity index (χ2n) is 7.72. The van der Waals surface area contributed by atoms with Gasteiger partial charge in [0.05, 0.1) is 16.2 Å². The normalized spacial score (nSPS) is 19.5. The van der Waals surface area contributed by atoms with Crippen LogP contribution in [0.1, 0.15) is 24.1 Å². The summed E-state index contributed by atoms with van der Waals surface area (Å²) in [7, 11) is 0. The lowest BCUT2D eigenvalue weighted by molar-refractivity contribution is -0.109. The van der Waals surface area contributed by atoms with E-state index >= 15 is 0 Å². The average molecular weight is 435 g/mol. The highest BCUT2D eigenvalue weighted by Crippen LogP contribution is 2.37. The van der Waals surface area contributed by atoms with Gasteiger partial charge in [-0.1, -0.05) is 59.6 Å². The first-order valence-corrected chi connectivity index (χ1v) is 10.5. The van der Waals surface area contributed by atoms with E-state index in [0.717, 1.165) is 16.5 Å². The van der Waals surface area contributed by atoms with Crippen LogP contribution in [0.15, 0.2) is 54.6 Å². The smallest absolute Gasteiger partial charge is 0.253 e. The summed E-state index contributed by atoms with van der Waals surface area (Å²) in [5.74, 6) is -3.32. The van der Waals surface area contributed by atoms with E-state index in [2.05, 4.69) is 4.98 Å². The monoisotopic (exact) mass is 434 g/mol. The number of aromatic nitrogens is 1. The lowest BCUT2D eigenvalue weighted by Crippen LogP contribution is -2.47. The Hall–Kier alpha value is -1.75. The quantitative estimate of drug-likeness (QED) is 0.447. The van der Waals surface area contributed by atoms with Crippen molar-refractivity contribution in [2.75, 3.05) is 13.1 Å². The van der Waals surface area contributed by atoms with Crippen LogP contribution in [0, 0.1) is 5.92 Å². The lowest BCUT2D eigenvalue weighted by Gasteiger charge is -2.38. The van der Waals surface area contributed by atoms with Gasteiger partial charge in [0.1, 0.15) is 0 Å². The van der Waals surface area contributed by atoms with Gasteiger partial charge in [0.25, 0.3) is 5.92 Å². The van der Waals surface area contributed by atoms with Crippen molar-refractivity contribution in [1.82, 2.24) is 9.88 Å². The van der Waals surface area contributed by atoms with Crippen molar-refractivity contribution in [1.29, 1.82) is 0 Å². The van der Waals surface area contributed by atoms with Gasteiger partial charge in [-0.15, -0.1) is 0 Å². The zero-order chi connectivity index (χ0) is 20.4. The number of hydrogen-bond donors (Lipinski definition) is 0. The maximum Gasteiger partial charge on any atom is 0.253 e. The van der Waals surface area contributed by atoms with Crippen LogP contribution in [-0.2, 0) is 13.0 Å². The fourth-order valence-corrected chi connectivity index (χ4v) is 4.34. The predicted octanol–water partition coefficient (Wildman–Crippen LogP) is 6.63. The minimum absolute atomic E-state index is 0.135. The van der Waals surface area contributed by atoms with E-state index in [1.54, 1.807) is 12.1 Å². The van der Waals surface area contributed by atoms with Crippen molar-refractivity contribution in [2.45, 2.75) is 31.7 Å². The summed E-state index contributed by atoms with van der Waals surface area (Å²) in [6.45, 7) is 1.13. The third-order valence-corrected chi connectivity index (χ3v) is 6.20. The molecule has 0 spiro atoms. The summed E-state index contributed by atoms with van der Waals surface area (Å²) >= 11 is 12.5. The number of piperidine rings is 1. The highest BCUT2D eigenvalue weighted by Gasteiger charge is 2.43. The summed E-state index contributed by atoms with van der Waals surface area (Å²) in [4.78, 5) is 6.68. The Balaban J connectivity index is 1.47. The Morgan fingerprint density at radius 1 is 1.07 bits per heavy atom. The molecule has 0 saturated carbocycles. The van der Waals surface area contributed by atoms with Crippen LogP contribution in [-0.4, -0.2) is 28.9 Å².